The smallest absolute Gasteiger partial charge is 0.228 e. The third kappa shape index (κ3) is 3.39. The van der Waals surface area contributed by atoms with Gasteiger partial charge in [0, 0.05) is 11.3 Å². The Morgan fingerprint density at radius 1 is 1.10 bits per heavy atom. The first-order chi connectivity index (χ1) is 9.60. The van der Waals surface area contributed by atoms with Crippen molar-refractivity contribution in [1.29, 1.82) is 0 Å². The van der Waals surface area contributed by atoms with E-state index in [1.54, 1.807) is 24.3 Å². The zero-order valence-corrected chi connectivity index (χ0v) is 10.6. The molecule has 0 aromatic heterocycles. The number of nitrogens with one attached hydrogen (secondary N) is 1. The molecule has 3 nitrogen and oxygen atoms in total. The maximum atomic E-state index is 13.4. The van der Waals surface area contributed by atoms with Crippen LogP contribution in [-0.2, 0) is 17.8 Å². The van der Waals surface area contributed by atoms with Crippen molar-refractivity contribution >= 4 is 11.6 Å². The predicted octanol–water partition coefficient (Wildman–Crippen LogP) is 2.64. The highest BCUT2D eigenvalue weighted by molar-refractivity contribution is 5.92. The normalized spacial score (nSPS) is 10.3. The molecule has 1 amide bonds. The molecule has 0 heterocycles. The van der Waals surface area contributed by atoms with Gasteiger partial charge in [0.2, 0.25) is 5.91 Å². The van der Waals surface area contributed by atoms with E-state index >= 15 is 0 Å². The third-order valence-electron chi connectivity index (χ3n) is 2.80. The fourth-order valence-electron chi connectivity index (χ4n) is 1.76. The van der Waals surface area contributed by atoms with Gasteiger partial charge in [0.15, 0.2) is 11.6 Å². The molecule has 0 aliphatic rings. The molecule has 0 bridgehead atoms. The minimum atomic E-state index is -1.00. The number of carbonyl (C=O) groups excluding carboxylic acids is 1. The lowest BCUT2D eigenvalue weighted by molar-refractivity contribution is -0.115. The predicted molar refractivity (Wildman–Crippen MR) is 71.1 cm³/mol. The molecule has 0 atom stereocenters. The maximum absolute atomic E-state index is 13.4. The SMILES string of the molecule is O=C(Cc1cccc(F)c1F)Nc1ccc(CO)cc1. The Morgan fingerprint density at radius 2 is 1.80 bits per heavy atom. The Kier molecular flexibility index (Phi) is 4.42. The highest BCUT2D eigenvalue weighted by Gasteiger charge is 2.11. The molecule has 0 spiro atoms. The van der Waals surface area contributed by atoms with E-state index in [9.17, 15) is 13.6 Å². The Labute approximate surface area is 114 Å². The van der Waals surface area contributed by atoms with E-state index in [2.05, 4.69) is 5.32 Å². The zero-order valence-electron chi connectivity index (χ0n) is 10.6. The standard InChI is InChI=1S/C15H13F2NO2/c16-13-3-1-2-11(15(13)17)8-14(20)18-12-6-4-10(9-19)5-7-12/h1-7,19H,8-9H2,(H,18,20). The van der Waals surface area contributed by atoms with Crippen molar-refractivity contribution in [2.75, 3.05) is 5.32 Å². The van der Waals surface area contributed by atoms with Crippen molar-refractivity contribution in [3.8, 4) is 0 Å². The van der Waals surface area contributed by atoms with E-state index in [1.807, 2.05) is 0 Å². The van der Waals surface area contributed by atoms with Gasteiger partial charge in [0.25, 0.3) is 0 Å². The molecule has 0 unspecified atom stereocenters. The molecule has 20 heavy (non-hydrogen) atoms. The topological polar surface area (TPSA) is 49.3 Å². The second-order valence-corrected chi connectivity index (χ2v) is 4.29. The van der Waals surface area contributed by atoms with Crippen LogP contribution in [0, 0.1) is 11.6 Å². The summed E-state index contributed by atoms with van der Waals surface area (Å²) in [7, 11) is 0. The second kappa shape index (κ2) is 6.25. The summed E-state index contributed by atoms with van der Waals surface area (Å²) in [6, 6.07) is 10.3. The first kappa shape index (κ1) is 14.1. The summed E-state index contributed by atoms with van der Waals surface area (Å²) in [5.41, 5.74) is 1.26. The van der Waals surface area contributed by atoms with Crippen molar-refractivity contribution in [2.24, 2.45) is 0 Å². The Morgan fingerprint density at radius 3 is 2.45 bits per heavy atom. The van der Waals surface area contributed by atoms with Gasteiger partial charge in [-0.05, 0) is 23.8 Å². The van der Waals surface area contributed by atoms with E-state index in [1.165, 1.54) is 12.1 Å². The number of anilines is 1. The number of halogens is 2. The summed E-state index contributed by atoms with van der Waals surface area (Å²) < 4.78 is 26.4. The lowest BCUT2D eigenvalue weighted by atomic mass is 10.1. The van der Waals surface area contributed by atoms with Gasteiger partial charge < -0.3 is 10.4 Å². The van der Waals surface area contributed by atoms with Crippen LogP contribution in [0.15, 0.2) is 42.5 Å². The van der Waals surface area contributed by atoms with Crippen LogP contribution < -0.4 is 5.32 Å². The van der Waals surface area contributed by atoms with Gasteiger partial charge in [0.05, 0.1) is 13.0 Å². The lowest BCUT2D eigenvalue weighted by Gasteiger charge is -2.07. The molecular formula is C15H13F2NO2. The van der Waals surface area contributed by atoms with E-state index < -0.39 is 17.5 Å². The van der Waals surface area contributed by atoms with Crippen LogP contribution in [-0.4, -0.2) is 11.0 Å². The number of aliphatic hydroxyl groups excluding tert-OH is 1. The van der Waals surface area contributed by atoms with E-state index in [0.29, 0.717) is 5.69 Å². The molecule has 0 fully saturated rings. The van der Waals surface area contributed by atoms with E-state index in [0.717, 1.165) is 11.6 Å². The van der Waals surface area contributed by atoms with Gasteiger partial charge in [-0.15, -0.1) is 0 Å². The summed E-state index contributed by atoms with van der Waals surface area (Å²) in [5.74, 6) is -2.41. The average molecular weight is 277 g/mol. The molecule has 2 N–H and O–H groups in total. The number of rotatable bonds is 4. The molecule has 2 rings (SSSR count). The highest BCUT2D eigenvalue weighted by Crippen LogP contribution is 2.14. The Bertz CT molecular complexity index is 612. The second-order valence-electron chi connectivity index (χ2n) is 4.29. The minimum Gasteiger partial charge on any atom is -0.392 e. The molecule has 5 heteroatoms. The van der Waals surface area contributed by atoms with Gasteiger partial charge in [-0.2, -0.15) is 0 Å². The molecule has 2 aromatic rings. The van der Waals surface area contributed by atoms with Crippen LogP contribution in [0.3, 0.4) is 0 Å². The molecule has 0 aliphatic carbocycles. The third-order valence-corrected chi connectivity index (χ3v) is 2.80. The van der Waals surface area contributed by atoms with Crippen LogP contribution in [0.1, 0.15) is 11.1 Å². The first-order valence-electron chi connectivity index (χ1n) is 6.02. The minimum absolute atomic E-state index is 0.00878. The first-order valence-corrected chi connectivity index (χ1v) is 6.02. The van der Waals surface area contributed by atoms with Crippen molar-refractivity contribution in [1.82, 2.24) is 0 Å². The molecule has 0 radical (unpaired) electrons. The van der Waals surface area contributed by atoms with Crippen LogP contribution in [0.2, 0.25) is 0 Å². The summed E-state index contributed by atoms with van der Waals surface area (Å²) in [4.78, 5) is 11.8. The average Bonchev–Trinajstić information content (AvgIpc) is 2.45. The highest BCUT2D eigenvalue weighted by atomic mass is 19.2. The summed E-state index contributed by atoms with van der Waals surface area (Å²) in [6.45, 7) is -0.0806. The lowest BCUT2D eigenvalue weighted by Crippen LogP contribution is -2.15. The molecule has 104 valence electrons. The number of benzene rings is 2. The van der Waals surface area contributed by atoms with Crippen molar-refractivity contribution < 1.29 is 18.7 Å². The van der Waals surface area contributed by atoms with Crippen LogP contribution in [0.4, 0.5) is 14.5 Å². The molecular weight excluding hydrogens is 264 g/mol. The van der Waals surface area contributed by atoms with Crippen molar-refractivity contribution in [3.63, 3.8) is 0 Å². The summed E-state index contributed by atoms with van der Waals surface area (Å²) >= 11 is 0. The monoisotopic (exact) mass is 277 g/mol. The Balaban J connectivity index is 2.03. The van der Waals surface area contributed by atoms with E-state index in [4.69, 9.17) is 5.11 Å². The largest absolute Gasteiger partial charge is 0.392 e. The van der Waals surface area contributed by atoms with Gasteiger partial charge >= 0.3 is 0 Å². The van der Waals surface area contributed by atoms with Crippen LogP contribution >= 0.6 is 0 Å². The number of aliphatic hydroxyl groups is 1. The maximum Gasteiger partial charge on any atom is 0.228 e. The van der Waals surface area contributed by atoms with Gasteiger partial charge in [-0.3, -0.25) is 4.79 Å². The zero-order chi connectivity index (χ0) is 14.5. The van der Waals surface area contributed by atoms with Crippen LogP contribution in [0.25, 0.3) is 0 Å². The molecule has 0 saturated carbocycles. The van der Waals surface area contributed by atoms with Gasteiger partial charge in [-0.25, -0.2) is 8.78 Å². The fourth-order valence-corrected chi connectivity index (χ4v) is 1.76. The molecule has 0 aliphatic heterocycles. The van der Waals surface area contributed by atoms with Crippen LogP contribution in [0.5, 0.6) is 0 Å². The Hall–Kier alpha value is -2.27. The number of amides is 1. The van der Waals surface area contributed by atoms with Crippen molar-refractivity contribution in [3.05, 3.63) is 65.2 Å². The molecule has 0 saturated heterocycles. The van der Waals surface area contributed by atoms with Gasteiger partial charge in [0.1, 0.15) is 0 Å². The summed E-state index contributed by atoms with van der Waals surface area (Å²) in [5, 5.41) is 11.5. The molecule has 2 aromatic carbocycles. The fraction of sp³-hybridized carbons (Fsp3) is 0.133. The summed E-state index contributed by atoms with van der Waals surface area (Å²) in [6.07, 6.45) is -0.245. The number of hydrogen-bond acceptors (Lipinski definition) is 2. The van der Waals surface area contributed by atoms with Gasteiger partial charge in [-0.1, -0.05) is 24.3 Å². The van der Waals surface area contributed by atoms with E-state index in [-0.39, 0.29) is 18.6 Å². The quantitative estimate of drug-likeness (QED) is 0.902. The van der Waals surface area contributed by atoms with Crippen molar-refractivity contribution in [2.45, 2.75) is 13.0 Å². The number of hydrogen-bond donors (Lipinski definition) is 2. The number of carbonyl (C=O) groups is 1.